The third kappa shape index (κ3) is 1.58. The topological polar surface area (TPSA) is 29.3 Å². The van der Waals surface area contributed by atoms with Crippen LogP contribution in [0, 0.1) is 0 Å². The second kappa shape index (κ2) is 3.93. The third-order valence-electron chi connectivity index (χ3n) is 2.53. The summed E-state index contributed by atoms with van der Waals surface area (Å²) in [5.74, 6) is 0. The van der Waals surface area contributed by atoms with Crippen molar-refractivity contribution in [3.05, 3.63) is 35.4 Å². The summed E-state index contributed by atoms with van der Waals surface area (Å²) < 4.78 is 0. The number of benzene rings is 1. The molecule has 0 aromatic heterocycles. The van der Waals surface area contributed by atoms with Crippen molar-refractivity contribution in [2.75, 3.05) is 23.7 Å². The molecule has 1 aromatic carbocycles. The number of para-hydroxylation sites is 1. The van der Waals surface area contributed by atoms with E-state index in [9.17, 15) is 0 Å². The van der Waals surface area contributed by atoms with Gasteiger partial charge in [-0.15, -0.1) is 0 Å². The Bertz CT molecular complexity index is 360. The molecule has 1 heterocycles. The predicted octanol–water partition coefficient (Wildman–Crippen LogP) is 2.38. The molecule has 0 amide bonds. The molecule has 0 fully saturated rings. The van der Waals surface area contributed by atoms with Crippen molar-refractivity contribution in [3.63, 3.8) is 0 Å². The lowest BCUT2D eigenvalue weighted by Crippen LogP contribution is -2.20. The van der Waals surface area contributed by atoms with Gasteiger partial charge in [0.05, 0.1) is 11.4 Å². The largest absolute Gasteiger partial charge is 0.397 e. The second-order valence-electron chi connectivity index (χ2n) is 3.41. The van der Waals surface area contributed by atoms with Gasteiger partial charge < -0.3 is 10.6 Å². The van der Waals surface area contributed by atoms with Crippen LogP contribution in [0.2, 0.25) is 0 Å². The van der Waals surface area contributed by atoms with E-state index in [1.165, 1.54) is 11.3 Å². The minimum atomic E-state index is 0.838. The smallest absolute Gasteiger partial charge is 0.0636 e. The van der Waals surface area contributed by atoms with Crippen molar-refractivity contribution in [2.45, 2.75) is 6.42 Å². The van der Waals surface area contributed by atoms with E-state index in [1.54, 1.807) is 5.54 Å². The Balaban J connectivity index is 2.28. The summed E-state index contributed by atoms with van der Waals surface area (Å²) >= 11 is 5.51. The molecule has 0 spiro atoms. The summed E-state index contributed by atoms with van der Waals surface area (Å²) in [6.45, 7) is 1.87. The SMILES string of the molecule is Nc1cccc2c1N(C/C=C/Cl)CC2. The molecular formula is C11H13ClN2. The fraction of sp³-hybridized carbons (Fsp3) is 0.273. The molecule has 0 atom stereocenters. The zero-order valence-corrected chi connectivity index (χ0v) is 8.67. The minimum Gasteiger partial charge on any atom is -0.397 e. The van der Waals surface area contributed by atoms with Crippen LogP contribution in [0.5, 0.6) is 0 Å². The number of hydrogen-bond acceptors (Lipinski definition) is 2. The van der Waals surface area contributed by atoms with Crippen molar-refractivity contribution < 1.29 is 0 Å². The lowest BCUT2D eigenvalue weighted by molar-refractivity contribution is 0.905. The summed E-state index contributed by atoms with van der Waals surface area (Å²) in [5.41, 5.74) is 10.9. The zero-order chi connectivity index (χ0) is 9.97. The quantitative estimate of drug-likeness (QED) is 0.757. The standard InChI is InChI=1S/C11H13ClN2/c12-6-2-7-14-8-5-9-3-1-4-10(13)11(9)14/h1-4,6H,5,7-8,13H2/b6-2+. The minimum absolute atomic E-state index is 0.838. The van der Waals surface area contributed by atoms with E-state index in [0.717, 1.165) is 25.2 Å². The highest BCUT2D eigenvalue weighted by Gasteiger charge is 2.19. The van der Waals surface area contributed by atoms with E-state index in [2.05, 4.69) is 11.0 Å². The molecule has 14 heavy (non-hydrogen) atoms. The lowest BCUT2D eigenvalue weighted by atomic mass is 10.1. The van der Waals surface area contributed by atoms with Crippen molar-refractivity contribution in [1.29, 1.82) is 0 Å². The average Bonchev–Trinajstić information content (AvgIpc) is 2.59. The summed E-state index contributed by atoms with van der Waals surface area (Å²) in [7, 11) is 0. The monoisotopic (exact) mass is 208 g/mol. The Morgan fingerprint density at radius 1 is 1.50 bits per heavy atom. The van der Waals surface area contributed by atoms with Crippen molar-refractivity contribution >= 4 is 23.0 Å². The first kappa shape index (κ1) is 9.41. The van der Waals surface area contributed by atoms with Crippen LogP contribution in [0.1, 0.15) is 5.56 Å². The maximum atomic E-state index is 5.94. The molecule has 0 bridgehead atoms. The second-order valence-corrected chi connectivity index (χ2v) is 3.66. The van der Waals surface area contributed by atoms with Gasteiger partial charge in [-0.05, 0) is 18.1 Å². The Morgan fingerprint density at radius 2 is 2.36 bits per heavy atom. The number of nitrogens with zero attached hydrogens (tertiary/aromatic N) is 1. The van der Waals surface area contributed by atoms with Gasteiger partial charge in [-0.2, -0.15) is 0 Å². The van der Waals surface area contributed by atoms with Crippen LogP contribution in [-0.4, -0.2) is 13.1 Å². The zero-order valence-electron chi connectivity index (χ0n) is 7.91. The molecule has 2 nitrogen and oxygen atoms in total. The van der Waals surface area contributed by atoms with E-state index in [4.69, 9.17) is 17.3 Å². The van der Waals surface area contributed by atoms with E-state index >= 15 is 0 Å². The number of nitrogen functional groups attached to an aromatic ring is 1. The number of anilines is 2. The van der Waals surface area contributed by atoms with Gasteiger partial charge >= 0.3 is 0 Å². The highest BCUT2D eigenvalue weighted by atomic mass is 35.5. The maximum Gasteiger partial charge on any atom is 0.0636 e. The van der Waals surface area contributed by atoms with Crippen LogP contribution in [0.15, 0.2) is 29.8 Å². The van der Waals surface area contributed by atoms with E-state index in [-0.39, 0.29) is 0 Å². The van der Waals surface area contributed by atoms with Gasteiger partial charge in [0.1, 0.15) is 0 Å². The van der Waals surface area contributed by atoms with Crippen LogP contribution in [0.4, 0.5) is 11.4 Å². The predicted molar refractivity (Wildman–Crippen MR) is 61.8 cm³/mol. The first-order chi connectivity index (χ1) is 6.83. The Labute approximate surface area is 89.0 Å². The number of fused-ring (bicyclic) bond motifs is 1. The number of rotatable bonds is 2. The Morgan fingerprint density at radius 3 is 3.14 bits per heavy atom. The van der Waals surface area contributed by atoms with Gasteiger partial charge in [0.2, 0.25) is 0 Å². The molecule has 74 valence electrons. The van der Waals surface area contributed by atoms with Gasteiger partial charge in [-0.3, -0.25) is 0 Å². The fourth-order valence-electron chi connectivity index (χ4n) is 1.92. The van der Waals surface area contributed by atoms with Crippen LogP contribution >= 0.6 is 11.6 Å². The van der Waals surface area contributed by atoms with Crippen molar-refractivity contribution in [2.24, 2.45) is 0 Å². The number of halogens is 1. The first-order valence-corrected chi connectivity index (χ1v) is 5.14. The molecule has 2 rings (SSSR count). The molecule has 0 unspecified atom stereocenters. The van der Waals surface area contributed by atoms with E-state index in [1.807, 2.05) is 18.2 Å². The molecule has 1 aliphatic rings. The third-order valence-corrected chi connectivity index (χ3v) is 2.71. The summed E-state index contributed by atoms with van der Waals surface area (Å²) in [4.78, 5) is 2.25. The average molecular weight is 209 g/mol. The van der Waals surface area contributed by atoms with Crippen molar-refractivity contribution in [3.8, 4) is 0 Å². The highest BCUT2D eigenvalue weighted by Crippen LogP contribution is 2.33. The molecule has 3 heteroatoms. The molecular weight excluding hydrogens is 196 g/mol. The van der Waals surface area contributed by atoms with Gasteiger partial charge in [0.15, 0.2) is 0 Å². The van der Waals surface area contributed by atoms with Crippen molar-refractivity contribution in [1.82, 2.24) is 0 Å². The Kier molecular flexibility index (Phi) is 2.64. The van der Waals surface area contributed by atoms with Gasteiger partial charge in [0, 0.05) is 18.6 Å². The van der Waals surface area contributed by atoms with Gasteiger partial charge in [0.25, 0.3) is 0 Å². The molecule has 2 N–H and O–H groups in total. The van der Waals surface area contributed by atoms with Crippen LogP contribution in [-0.2, 0) is 6.42 Å². The normalized spacial score (nSPS) is 15.1. The van der Waals surface area contributed by atoms with Crippen LogP contribution in [0.25, 0.3) is 0 Å². The fourth-order valence-corrected chi connectivity index (χ4v) is 2.00. The highest BCUT2D eigenvalue weighted by molar-refractivity contribution is 6.25. The molecule has 0 saturated heterocycles. The summed E-state index contributed by atoms with van der Waals surface area (Å²) in [6, 6.07) is 6.09. The number of nitrogens with two attached hydrogens (primary N) is 1. The van der Waals surface area contributed by atoms with E-state index < -0.39 is 0 Å². The molecule has 0 aliphatic carbocycles. The lowest BCUT2D eigenvalue weighted by Gasteiger charge is -2.18. The Hall–Kier alpha value is -1.15. The van der Waals surface area contributed by atoms with Gasteiger partial charge in [-0.1, -0.05) is 29.8 Å². The molecule has 1 aliphatic heterocycles. The summed E-state index contributed by atoms with van der Waals surface area (Å²) in [6.07, 6.45) is 3.01. The first-order valence-electron chi connectivity index (χ1n) is 4.70. The molecule has 0 radical (unpaired) electrons. The molecule has 0 saturated carbocycles. The van der Waals surface area contributed by atoms with Crippen LogP contribution in [0.3, 0.4) is 0 Å². The van der Waals surface area contributed by atoms with Gasteiger partial charge in [-0.25, -0.2) is 0 Å². The number of hydrogen-bond donors (Lipinski definition) is 1. The maximum absolute atomic E-state index is 5.94. The van der Waals surface area contributed by atoms with E-state index in [0.29, 0.717) is 0 Å². The summed E-state index contributed by atoms with van der Waals surface area (Å²) in [5, 5.41) is 0. The van der Waals surface area contributed by atoms with Crippen LogP contribution < -0.4 is 10.6 Å². The molecule has 1 aromatic rings.